The van der Waals surface area contributed by atoms with E-state index in [1.807, 2.05) is 12.1 Å². The van der Waals surface area contributed by atoms with E-state index in [1.54, 1.807) is 0 Å². The van der Waals surface area contributed by atoms with Crippen LogP contribution in [0.15, 0.2) is 24.3 Å². The molecule has 0 aromatic heterocycles. The Morgan fingerprint density at radius 2 is 1.59 bits per heavy atom. The van der Waals surface area contributed by atoms with Crippen molar-refractivity contribution in [3.63, 3.8) is 0 Å². The van der Waals surface area contributed by atoms with Gasteiger partial charge in [0.25, 0.3) is 0 Å². The molecule has 3 heterocycles. The van der Waals surface area contributed by atoms with E-state index >= 15 is 0 Å². The zero-order valence-corrected chi connectivity index (χ0v) is 17.7. The summed E-state index contributed by atoms with van der Waals surface area (Å²) in [6, 6.07) is 9.78. The van der Waals surface area contributed by atoms with Crippen molar-refractivity contribution in [3.05, 3.63) is 34.9 Å². The van der Waals surface area contributed by atoms with Crippen LogP contribution < -0.4 is 0 Å². The van der Waals surface area contributed by atoms with Gasteiger partial charge in [-0.2, -0.15) is 0 Å². The molecule has 3 fully saturated rings. The Morgan fingerprint density at radius 3 is 2.19 bits per heavy atom. The van der Waals surface area contributed by atoms with E-state index in [0.717, 1.165) is 17.5 Å². The van der Waals surface area contributed by atoms with Gasteiger partial charge in [0.15, 0.2) is 0 Å². The van der Waals surface area contributed by atoms with Gasteiger partial charge in [-0.3, -0.25) is 4.90 Å². The minimum Gasteiger partial charge on any atom is -0.375 e. The normalized spacial score (nSPS) is 30.3. The highest BCUT2D eigenvalue weighted by Crippen LogP contribution is 2.38. The lowest BCUT2D eigenvalue weighted by molar-refractivity contribution is -0.0810. The summed E-state index contributed by atoms with van der Waals surface area (Å²) in [6.07, 6.45) is 8.51. The first-order valence-electron chi connectivity index (χ1n) is 10.9. The van der Waals surface area contributed by atoms with E-state index in [9.17, 15) is 0 Å². The first-order chi connectivity index (χ1) is 13.1. The number of benzene rings is 1. The van der Waals surface area contributed by atoms with E-state index in [0.29, 0.717) is 24.3 Å². The number of hydrogen-bond acceptors (Lipinski definition) is 3. The van der Waals surface area contributed by atoms with E-state index in [4.69, 9.17) is 16.3 Å². The minimum atomic E-state index is 0.477. The maximum atomic E-state index is 6.61. The highest BCUT2D eigenvalue weighted by atomic mass is 35.5. The predicted molar refractivity (Wildman–Crippen MR) is 112 cm³/mol. The Bertz CT molecular complexity index is 583. The molecular formula is C23H35ClN2O. The molecule has 150 valence electrons. The summed E-state index contributed by atoms with van der Waals surface area (Å²) in [5.74, 6) is 0.767. The van der Waals surface area contributed by atoms with Crippen LogP contribution >= 0.6 is 11.6 Å². The maximum absolute atomic E-state index is 6.61. The summed E-state index contributed by atoms with van der Waals surface area (Å²) in [7, 11) is 0. The molecule has 27 heavy (non-hydrogen) atoms. The molecule has 0 spiro atoms. The van der Waals surface area contributed by atoms with Crippen molar-refractivity contribution in [1.82, 2.24) is 9.80 Å². The first-order valence-corrected chi connectivity index (χ1v) is 11.3. The molecule has 1 aromatic rings. The summed E-state index contributed by atoms with van der Waals surface area (Å²) in [5.41, 5.74) is 1.38. The molecule has 4 heteroatoms. The Hall–Kier alpha value is -0.610. The summed E-state index contributed by atoms with van der Waals surface area (Å²) in [5, 5.41) is 0.827. The summed E-state index contributed by atoms with van der Waals surface area (Å²) >= 11 is 6.04. The van der Waals surface area contributed by atoms with Crippen molar-refractivity contribution in [1.29, 1.82) is 0 Å². The van der Waals surface area contributed by atoms with Gasteiger partial charge in [-0.1, -0.05) is 37.6 Å². The largest absolute Gasteiger partial charge is 0.375 e. The van der Waals surface area contributed by atoms with Gasteiger partial charge in [-0.15, -0.1) is 0 Å². The van der Waals surface area contributed by atoms with Crippen LogP contribution in [0.1, 0.15) is 57.9 Å². The number of hydrogen-bond donors (Lipinski definition) is 0. The number of nitrogens with zero attached hydrogens (tertiary/aromatic N) is 2. The quantitative estimate of drug-likeness (QED) is 0.681. The van der Waals surface area contributed by atoms with Crippen LogP contribution in [-0.2, 0) is 11.3 Å². The van der Waals surface area contributed by atoms with Crippen LogP contribution in [0.3, 0.4) is 0 Å². The minimum absolute atomic E-state index is 0.477. The topological polar surface area (TPSA) is 15.7 Å². The summed E-state index contributed by atoms with van der Waals surface area (Å²) in [4.78, 5) is 5.34. The number of likely N-dealkylation sites (tertiary alicyclic amines) is 1. The van der Waals surface area contributed by atoms with E-state index < -0.39 is 0 Å². The number of piperidine rings is 2. The van der Waals surface area contributed by atoms with Gasteiger partial charge in [0.05, 0.1) is 12.2 Å². The second kappa shape index (κ2) is 8.82. The van der Waals surface area contributed by atoms with Crippen LogP contribution in [0.5, 0.6) is 0 Å². The van der Waals surface area contributed by atoms with Crippen LogP contribution in [0.2, 0.25) is 5.02 Å². The van der Waals surface area contributed by atoms with Gasteiger partial charge in [-0.25, -0.2) is 0 Å². The lowest BCUT2D eigenvalue weighted by atomic mass is 9.97. The fraction of sp³-hybridized carbons (Fsp3) is 0.739. The third-order valence-electron chi connectivity index (χ3n) is 6.66. The molecule has 0 N–H and O–H groups in total. The van der Waals surface area contributed by atoms with Crippen molar-refractivity contribution >= 4 is 11.6 Å². The zero-order valence-electron chi connectivity index (χ0n) is 16.9. The average molecular weight is 391 g/mol. The molecular weight excluding hydrogens is 356 g/mol. The van der Waals surface area contributed by atoms with Crippen LogP contribution in [0.25, 0.3) is 0 Å². The Morgan fingerprint density at radius 1 is 0.963 bits per heavy atom. The molecule has 0 saturated carbocycles. The Balaban J connectivity index is 1.26. The molecule has 0 radical (unpaired) electrons. The Kier molecular flexibility index (Phi) is 6.43. The number of rotatable bonds is 6. The van der Waals surface area contributed by atoms with Crippen molar-refractivity contribution in [2.75, 3.05) is 19.6 Å². The van der Waals surface area contributed by atoms with E-state index in [-0.39, 0.29) is 0 Å². The summed E-state index contributed by atoms with van der Waals surface area (Å²) < 4.78 is 6.61. The maximum Gasteiger partial charge on any atom is 0.0608 e. The van der Waals surface area contributed by atoms with Crippen molar-refractivity contribution in [2.24, 2.45) is 5.92 Å². The van der Waals surface area contributed by atoms with Crippen LogP contribution in [-0.4, -0.2) is 53.7 Å². The first kappa shape index (κ1) is 19.7. The number of fused-ring (bicyclic) bond motifs is 2. The molecule has 0 aliphatic carbocycles. The second-order valence-electron chi connectivity index (χ2n) is 9.31. The van der Waals surface area contributed by atoms with E-state index in [2.05, 4.69) is 35.8 Å². The van der Waals surface area contributed by atoms with Crippen molar-refractivity contribution in [2.45, 2.75) is 83.2 Å². The average Bonchev–Trinajstić information content (AvgIpc) is 2.87. The molecule has 3 aliphatic rings. The van der Waals surface area contributed by atoms with Crippen LogP contribution in [0.4, 0.5) is 0 Å². The standard InChI is InChI=1S/C23H35ClN2O/c1-17(2)15-25-11-9-22(10-12-25)27-23-13-20-7-8-21(14-23)26(20)16-18-3-5-19(24)6-4-18/h3-6,17,20-23H,7-16H2,1-2H3/t20-,21+,23?. The Labute approximate surface area is 170 Å². The third kappa shape index (κ3) is 5.06. The van der Waals surface area contributed by atoms with Gasteiger partial charge in [0.1, 0.15) is 0 Å². The predicted octanol–water partition coefficient (Wildman–Crippen LogP) is 4.97. The highest BCUT2D eigenvalue weighted by molar-refractivity contribution is 6.30. The van der Waals surface area contributed by atoms with Crippen molar-refractivity contribution in [3.8, 4) is 0 Å². The van der Waals surface area contributed by atoms with Gasteiger partial charge in [0, 0.05) is 43.3 Å². The SMILES string of the molecule is CC(C)CN1CCC(OC2C[C@H]3CC[C@@H](C2)N3Cc2ccc(Cl)cc2)CC1. The molecule has 3 nitrogen and oxygen atoms in total. The molecule has 3 atom stereocenters. The van der Waals surface area contributed by atoms with E-state index in [1.165, 1.54) is 63.7 Å². The van der Waals surface area contributed by atoms with Gasteiger partial charge >= 0.3 is 0 Å². The third-order valence-corrected chi connectivity index (χ3v) is 6.91. The summed E-state index contributed by atoms with van der Waals surface area (Å²) in [6.45, 7) is 9.36. The smallest absolute Gasteiger partial charge is 0.0608 e. The molecule has 2 bridgehead atoms. The van der Waals surface area contributed by atoms with Gasteiger partial charge in [0.2, 0.25) is 0 Å². The van der Waals surface area contributed by atoms with Crippen LogP contribution in [0, 0.1) is 5.92 Å². The highest BCUT2D eigenvalue weighted by Gasteiger charge is 2.41. The molecule has 3 aliphatic heterocycles. The lowest BCUT2D eigenvalue weighted by Crippen LogP contribution is -2.47. The lowest BCUT2D eigenvalue weighted by Gasteiger charge is -2.41. The fourth-order valence-electron chi connectivity index (χ4n) is 5.41. The monoisotopic (exact) mass is 390 g/mol. The van der Waals surface area contributed by atoms with Gasteiger partial charge in [-0.05, 0) is 62.1 Å². The van der Waals surface area contributed by atoms with Crippen molar-refractivity contribution < 1.29 is 4.74 Å². The number of halogens is 1. The molecule has 1 unspecified atom stereocenters. The molecule has 3 saturated heterocycles. The molecule has 4 rings (SSSR count). The zero-order chi connectivity index (χ0) is 18.8. The molecule has 1 aromatic carbocycles. The molecule has 0 amide bonds. The number of ether oxygens (including phenoxy) is 1. The second-order valence-corrected chi connectivity index (χ2v) is 9.74. The van der Waals surface area contributed by atoms with Gasteiger partial charge < -0.3 is 9.64 Å². The fourth-order valence-corrected chi connectivity index (χ4v) is 5.54.